The molecule has 20 heavy (non-hydrogen) atoms. The minimum atomic E-state index is -0.0334. The van der Waals surface area contributed by atoms with Crippen molar-refractivity contribution in [1.82, 2.24) is 15.2 Å². The summed E-state index contributed by atoms with van der Waals surface area (Å²) >= 11 is 4.56. The second-order valence-corrected chi connectivity index (χ2v) is 7.21. The van der Waals surface area contributed by atoms with Crippen molar-refractivity contribution >= 4 is 45.8 Å². The zero-order valence-corrected chi connectivity index (χ0v) is 13.1. The maximum absolute atomic E-state index is 9.52. The molecule has 1 aromatic carbocycles. The Bertz CT molecular complexity index is 745. The second kappa shape index (κ2) is 6.09. The first-order valence-electron chi connectivity index (χ1n) is 5.85. The van der Waals surface area contributed by atoms with Crippen molar-refractivity contribution in [2.45, 2.75) is 20.3 Å². The topological polar surface area (TPSA) is 58.9 Å². The fourth-order valence-corrected chi connectivity index (χ4v) is 4.20. The van der Waals surface area contributed by atoms with Crippen molar-refractivity contribution < 1.29 is 5.11 Å². The van der Waals surface area contributed by atoms with Gasteiger partial charge in [0.15, 0.2) is 8.68 Å². The molecule has 0 saturated carbocycles. The van der Waals surface area contributed by atoms with Crippen LogP contribution in [0.2, 0.25) is 0 Å². The lowest BCUT2D eigenvalue weighted by atomic mass is 10.2. The Kier molecular flexibility index (Phi) is 4.21. The summed E-state index contributed by atoms with van der Waals surface area (Å²) in [5.41, 5.74) is 1.73. The third kappa shape index (κ3) is 2.80. The van der Waals surface area contributed by atoms with Gasteiger partial charge in [0, 0.05) is 10.9 Å². The molecule has 0 saturated heterocycles. The first kappa shape index (κ1) is 13.8. The number of benzene rings is 1. The average molecular weight is 321 g/mol. The highest BCUT2D eigenvalue weighted by Gasteiger charge is 2.11. The molecule has 1 N–H and O–H groups in total. The van der Waals surface area contributed by atoms with Crippen LogP contribution in [0, 0.1) is 0 Å². The predicted molar refractivity (Wildman–Crippen MR) is 83.5 cm³/mol. The number of aromatic nitrogens is 3. The number of hydrogen-bond donors (Lipinski definition) is 1. The quantitative estimate of drug-likeness (QED) is 0.743. The number of nitrogens with zero attached hydrogens (tertiary/aromatic N) is 3. The van der Waals surface area contributed by atoms with E-state index in [4.69, 9.17) is 0 Å². The van der Waals surface area contributed by atoms with Crippen LogP contribution in [0.4, 0.5) is 0 Å². The van der Waals surface area contributed by atoms with E-state index in [1.54, 1.807) is 11.8 Å². The lowest BCUT2D eigenvalue weighted by molar-refractivity contribution is 0.278. The number of aliphatic hydroxyl groups excluding tert-OH is 1. The van der Waals surface area contributed by atoms with Gasteiger partial charge in [0.2, 0.25) is 0 Å². The highest BCUT2D eigenvalue weighted by molar-refractivity contribution is 8.03. The molecule has 0 spiro atoms. The largest absolute Gasteiger partial charge is 0.392 e. The van der Waals surface area contributed by atoms with Crippen molar-refractivity contribution in [3.05, 3.63) is 35.9 Å². The van der Waals surface area contributed by atoms with Gasteiger partial charge in [-0.3, -0.25) is 0 Å². The van der Waals surface area contributed by atoms with Crippen LogP contribution in [0.1, 0.15) is 5.56 Å². The summed E-state index contributed by atoms with van der Waals surface area (Å²) in [5, 5.41) is 19.5. The summed E-state index contributed by atoms with van der Waals surface area (Å²) in [7, 11) is 0. The maximum Gasteiger partial charge on any atom is 0.181 e. The highest BCUT2D eigenvalue weighted by atomic mass is 32.2. The number of hydrogen-bond acceptors (Lipinski definition) is 7. The first-order valence-corrected chi connectivity index (χ1v) is 8.71. The Morgan fingerprint density at radius 3 is 2.75 bits per heavy atom. The van der Waals surface area contributed by atoms with E-state index in [2.05, 4.69) is 15.2 Å². The summed E-state index contributed by atoms with van der Waals surface area (Å²) in [5.74, 6) is 0. The molecule has 3 rings (SSSR count). The van der Waals surface area contributed by atoms with E-state index in [-0.39, 0.29) is 6.61 Å². The van der Waals surface area contributed by atoms with Crippen LogP contribution in [0.3, 0.4) is 0 Å². The van der Waals surface area contributed by atoms with Crippen LogP contribution in [0.5, 0.6) is 0 Å². The van der Waals surface area contributed by atoms with E-state index >= 15 is 0 Å². The van der Waals surface area contributed by atoms with Gasteiger partial charge in [-0.1, -0.05) is 41.3 Å². The zero-order chi connectivity index (χ0) is 13.9. The van der Waals surface area contributed by atoms with Gasteiger partial charge >= 0.3 is 0 Å². The van der Waals surface area contributed by atoms with Crippen molar-refractivity contribution in [3.8, 4) is 0 Å². The smallest absolute Gasteiger partial charge is 0.181 e. The molecule has 0 aliphatic rings. The number of thioether (sulfide) groups is 1. The first-order chi connectivity index (χ1) is 9.80. The van der Waals surface area contributed by atoms with Gasteiger partial charge in [-0.05, 0) is 30.2 Å². The Labute approximate surface area is 128 Å². The Morgan fingerprint density at radius 2 is 2.00 bits per heavy atom. The summed E-state index contributed by atoms with van der Waals surface area (Å²) < 4.78 is 1.77. The molecule has 2 heterocycles. The molecule has 0 aliphatic carbocycles. The minimum Gasteiger partial charge on any atom is -0.392 e. The minimum absolute atomic E-state index is 0.0334. The molecule has 7 heteroatoms. The van der Waals surface area contributed by atoms with Crippen LogP contribution in [0.15, 0.2) is 44.0 Å². The molecular formula is C13H11N3OS3. The van der Waals surface area contributed by atoms with Gasteiger partial charge in [0.05, 0.1) is 12.1 Å². The number of para-hydroxylation sites is 1. The zero-order valence-electron chi connectivity index (χ0n) is 10.6. The van der Waals surface area contributed by atoms with Crippen LogP contribution in [-0.4, -0.2) is 26.5 Å². The molecule has 0 fully saturated rings. The van der Waals surface area contributed by atoms with Crippen molar-refractivity contribution in [1.29, 1.82) is 0 Å². The van der Waals surface area contributed by atoms with E-state index in [0.717, 1.165) is 30.2 Å². The highest BCUT2D eigenvalue weighted by Crippen LogP contribution is 2.34. The van der Waals surface area contributed by atoms with Crippen LogP contribution in [-0.2, 0) is 6.61 Å². The summed E-state index contributed by atoms with van der Waals surface area (Å²) in [6.45, 7) is -0.0334. The van der Waals surface area contributed by atoms with Crippen molar-refractivity contribution in [2.24, 2.45) is 0 Å². The van der Waals surface area contributed by atoms with Gasteiger partial charge in [-0.15, -0.1) is 10.2 Å². The second-order valence-electron chi connectivity index (χ2n) is 3.94. The van der Waals surface area contributed by atoms with E-state index < -0.39 is 0 Å². The van der Waals surface area contributed by atoms with Gasteiger partial charge in [0.25, 0.3) is 0 Å². The van der Waals surface area contributed by atoms with Crippen molar-refractivity contribution in [3.63, 3.8) is 0 Å². The van der Waals surface area contributed by atoms with Gasteiger partial charge in [-0.25, -0.2) is 4.98 Å². The van der Waals surface area contributed by atoms with Crippen LogP contribution in [0.25, 0.3) is 10.9 Å². The standard InChI is InChI=1S/C13H11N3OS3/c1-18-12-15-16-13(20-12)19-11-9(7-17)6-8-4-2-3-5-10(8)14-11/h2-6,17H,7H2,1H3. The molecular weight excluding hydrogens is 310 g/mol. The van der Waals surface area contributed by atoms with E-state index in [1.807, 2.05) is 36.6 Å². The fraction of sp³-hybridized carbons (Fsp3) is 0.154. The molecule has 0 radical (unpaired) electrons. The monoisotopic (exact) mass is 321 g/mol. The molecule has 0 amide bonds. The number of aliphatic hydroxyl groups is 1. The number of rotatable bonds is 4. The van der Waals surface area contributed by atoms with Gasteiger partial charge < -0.3 is 5.11 Å². The van der Waals surface area contributed by atoms with E-state index in [0.29, 0.717) is 0 Å². The average Bonchev–Trinajstić information content (AvgIpc) is 2.94. The fourth-order valence-electron chi connectivity index (χ4n) is 1.75. The van der Waals surface area contributed by atoms with Gasteiger partial charge in [0.1, 0.15) is 5.03 Å². The maximum atomic E-state index is 9.52. The summed E-state index contributed by atoms with van der Waals surface area (Å²) in [6, 6.07) is 9.86. The SMILES string of the molecule is CSc1nnc(Sc2nc3ccccc3cc2CO)s1. The molecule has 4 nitrogen and oxygen atoms in total. The molecule has 0 atom stereocenters. The number of pyridine rings is 1. The molecule has 0 unspecified atom stereocenters. The lowest BCUT2D eigenvalue weighted by Crippen LogP contribution is -1.92. The molecule has 102 valence electrons. The van der Waals surface area contributed by atoms with Gasteiger partial charge in [-0.2, -0.15) is 0 Å². The van der Waals surface area contributed by atoms with Crippen LogP contribution < -0.4 is 0 Å². The molecule has 0 aliphatic heterocycles. The summed E-state index contributed by atoms with van der Waals surface area (Å²) in [4.78, 5) is 4.61. The Balaban J connectivity index is 2.00. The van der Waals surface area contributed by atoms with E-state index in [1.165, 1.54) is 23.1 Å². The Morgan fingerprint density at radius 1 is 1.20 bits per heavy atom. The predicted octanol–water partition coefficient (Wildman–Crippen LogP) is 3.45. The van der Waals surface area contributed by atoms with E-state index in [9.17, 15) is 5.11 Å². The molecule has 0 bridgehead atoms. The van der Waals surface area contributed by atoms with Crippen molar-refractivity contribution in [2.75, 3.05) is 6.26 Å². The molecule has 2 aromatic heterocycles. The molecule has 3 aromatic rings. The summed E-state index contributed by atoms with van der Waals surface area (Å²) in [6.07, 6.45) is 1.97. The number of fused-ring (bicyclic) bond motifs is 1. The Hall–Kier alpha value is -1.15. The third-order valence-electron chi connectivity index (χ3n) is 2.68. The third-order valence-corrected chi connectivity index (χ3v) is 5.68. The lowest BCUT2D eigenvalue weighted by Gasteiger charge is -2.06. The normalized spacial score (nSPS) is 11.1. The van der Waals surface area contributed by atoms with Crippen LogP contribution >= 0.6 is 34.9 Å².